The first-order valence-corrected chi connectivity index (χ1v) is 10.4. The Kier molecular flexibility index (Phi) is 5.83. The van der Waals surface area contributed by atoms with Crippen molar-refractivity contribution >= 4 is 17.5 Å². The molecule has 3 heterocycles. The molecule has 1 aromatic carbocycles. The topological polar surface area (TPSA) is 50.1 Å². The lowest BCUT2D eigenvalue weighted by Crippen LogP contribution is -2.34. The Morgan fingerprint density at radius 3 is 2.79 bits per heavy atom. The summed E-state index contributed by atoms with van der Waals surface area (Å²) in [5.74, 6) is 0.734. The molecule has 1 unspecified atom stereocenters. The van der Waals surface area contributed by atoms with Gasteiger partial charge in [0.25, 0.3) is 0 Å². The number of piperidine rings is 1. The second-order valence-electron chi connectivity index (χ2n) is 7.88. The van der Waals surface area contributed by atoms with Crippen LogP contribution in [0.15, 0.2) is 42.9 Å². The van der Waals surface area contributed by atoms with Crippen molar-refractivity contribution in [1.82, 2.24) is 24.6 Å². The predicted octanol–water partition coefficient (Wildman–Crippen LogP) is 4.32. The number of anilines is 1. The third-order valence-electron chi connectivity index (χ3n) is 5.41. The average molecular weight is 411 g/mol. The summed E-state index contributed by atoms with van der Waals surface area (Å²) in [5, 5.41) is 5.06. The normalized spacial score (nSPS) is 17.4. The first-order chi connectivity index (χ1) is 14.0. The first kappa shape index (κ1) is 19.9. The SMILES string of the molecule is CN(C)c1ncc(-c2cccc(Cl)c2)c(C2CCCCN2Cc2cnn(C)c2)n1. The molecule has 0 aliphatic carbocycles. The third-order valence-corrected chi connectivity index (χ3v) is 5.65. The summed E-state index contributed by atoms with van der Waals surface area (Å²) in [7, 11) is 5.92. The molecule has 0 spiro atoms. The Balaban J connectivity index is 1.76. The summed E-state index contributed by atoms with van der Waals surface area (Å²) < 4.78 is 1.86. The molecule has 1 aliphatic heterocycles. The molecule has 29 heavy (non-hydrogen) atoms. The van der Waals surface area contributed by atoms with E-state index in [1.807, 2.05) is 61.3 Å². The molecular weight excluding hydrogens is 384 g/mol. The van der Waals surface area contributed by atoms with Crippen LogP contribution in [0.1, 0.15) is 36.6 Å². The molecule has 0 radical (unpaired) electrons. The molecule has 1 atom stereocenters. The van der Waals surface area contributed by atoms with Crippen molar-refractivity contribution in [1.29, 1.82) is 0 Å². The van der Waals surface area contributed by atoms with Crippen LogP contribution < -0.4 is 4.90 Å². The van der Waals surface area contributed by atoms with E-state index in [9.17, 15) is 0 Å². The largest absolute Gasteiger partial charge is 0.347 e. The molecule has 6 nitrogen and oxygen atoms in total. The van der Waals surface area contributed by atoms with Gasteiger partial charge in [-0.3, -0.25) is 9.58 Å². The van der Waals surface area contributed by atoms with Gasteiger partial charge in [-0.05, 0) is 37.1 Å². The lowest BCUT2D eigenvalue weighted by molar-refractivity contribution is 0.137. The quantitative estimate of drug-likeness (QED) is 0.626. The van der Waals surface area contributed by atoms with Gasteiger partial charge in [-0.2, -0.15) is 5.10 Å². The highest BCUT2D eigenvalue weighted by atomic mass is 35.5. The van der Waals surface area contributed by atoms with Gasteiger partial charge >= 0.3 is 0 Å². The van der Waals surface area contributed by atoms with Crippen LogP contribution in [0, 0.1) is 0 Å². The van der Waals surface area contributed by atoms with Crippen LogP contribution in [0.5, 0.6) is 0 Å². The Morgan fingerprint density at radius 1 is 1.21 bits per heavy atom. The van der Waals surface area contributed by atoms with E-state index in [-0.39, 0.29) is 6.04 Å². The van der Waals surface area contributed by atoms with Crippen LogP contribution in [-0.4, -0.2) is 45.3 Å². The summed E-state index contributed by atoms with van der Waals surface area (Å²) in [5.41, 5.74) is 4.42. The van der Waals surface area contributed by atoms with E-state index in [1.165, 1.54) is 18.4 Å². The molecule has 1 aliphatic rings. The van der Waals surface area contributed by atoms with Gasteiger partial charge in [-0.15, -0.1) is 0 Å². The summed E-state index contributed by atoms with van der Waals surface area (Å²) in [4.78, 5) is 14.1. The zero-order chi connectivity index (χ0) is 20.4. The molecule has 1 fully saturated rings. The molecule has 0 N–H and O–H groups in total. The highest BCUT2D eigenvalue weighted by molar-refractivity contribution is 6.30. The van der Waals surface area contributed by atoms with Crippen molar-refractivity contribution in [3.63, 3.8) is 0 Å². The summed E-state index contributed by atoms with van der Waals surface area (Å²) in [6, 6.07) is 8.19. The van der Waals surface area contributed by atoms with Gasteiger partial charge < -0.3 is 4.90 Å². The molecule has 0 amide bonds. The van der Waals surface area contributed by atoms with E-state index in [0.29, 0.717) is 0 Å². The lowest BCUT2D eigenvalue weighted by Gasteiger charge is -2.36. The fourth-order valence-corrected chi connectivity index (χ4v) is 4.20. The van der Waals surface area contributed by atoms with E-state index in [2.05, 4.69) is 27.2 Å². The number of aryl methyl sites for hydroxylation is 1. The van der Waals surface area contributed by atoms with Crippen molar-refractivity contribution in [3.8, 4) is 11.1 Å². The molecular formula is C22H27ClN6. The molecule has 152 valence electrons. The van der Waals surface area contributed by atoms with Gasteiger partial charge in [0.1, 0.15) is 0 Å². The Labute approximate surface area is 177 Å². The Hall–Kier alpha value is -2.44. The Morgan fingerprint density at radius 2 is 2.07 bits per heavy atom. The minimum atomic E-state index is 0.236. The fourth-order valence-electron chi connectivity index (χ4n) is 4.01. The minimum Gasteiger partial charge on any atom is -0.347 e. The predicted molar refractivity (Wildman–Crippen MR) is 117 cm³/mol. The summed E-state index contributed by atoms with van der Waals surface area (Å²) in [6.07, 6.45) is 9.47. The number of likely N-dealkylation sites (tertiary alicyclic amines) is 1. The van der Waals surface area contributed by atoms with Gasteiger partial charge in [0.05, 0.1) is 17.9 Å². The van der Waals surface area contributed by atoms with Crippen LogP contribution in [0.4, 0.5) is 5.95 Å². The molecule has 7 heteroatoms. The smallest absolute Gasteiger partial charge is 0.225 e. The van der Waals surface area contributed by atoms with Crippen molar-refractivity contribution in [3.05, 3.63) is 59.1 Å². The molecule has 0 saturated carbocycles. The average Bonchev–Trinajstić information content (AvgIpc) is 3.12. The molecule has 4 rings (SSSR count). The molecule has 0 bridgehead atoms. The van der Waals surface area contributed by atoms with Crippen LogP contribution in [0.2, 0.25) is 5.02 Å². The van der Waals surface area contributed by atoms with E-state index in [0.717, 1.165) is 47.3 Å². The van der Waals surface area contributed by atoms with Gasteiger partial charge in [0.15, 0.2) is 0 Å². The second-order valence-corrected chi connectivity index (χ2v) is 8.31. The van der Waals surface area contributed by atoms with Crippen molar-refractivity contribution in [2.45, 2.75) is 31.8 Å². The van der Waals surface area contributed by atoms with Crippen LogP contribution in [0.25, 0.3) is 11.1 Å². The molecule has 3 aromatic rings. The minimum absolute atomic E-state index is 0.236. The van der Waals surface area contributed by atoms with E-state index in [1.54, 1.807) is 0 Å². The van der Waals surface area contributed by atoms with E-state index < -0.39 is 0 Å². The molecule has 1 saturated heterocycles. The summed E-state index contributed by atoms with van der Waals surface area (Å²) in [6.45, 7) is 1.92. The number of halogens is 1. The van der Waals surface area contributed by atoms with Crippen molar-refractivity contribution in [2.24, 2.45) is 7.05 Å². The number of benzene rings is 1. The van der Waals surface area contributed by atoms with E-state index >= 15 is 0 Å². The number of aromatic nitrogens is 4. The Bertz CT molecular complexity index is 983. The zero-order valence-corrected chi connectivity index (χ0v) is 18.0. The zero-order valence-electron chi connectivity index (χ0n) is 17.2. The lowest BCUT2D eigenvalue weighted by atomic mass is 9.93. The van der Waals surface area contributed by atoms with Gasteiger partial charge in [-0.25, -0.2) is 9.97 Å². The van der Waals surface area contributed by atoms with E-state index in [4.69, 9.17) is 16.6 Å². The standard InChI is InChI=1S/C22H27ClN6/c1-27(2)22-24-13-19(17-7-6-8-18(23)11-17)21(26-22)20-9-4-5-10-29(20)15-16-12-25-28(3)14-16/h6-8,11-14,20H,4-5,9-10,15H2,1-3H3. The maximum Gasteiger partial charge on any atom is 0.225 e. The maximum atomic E-state index is 6.28. The number of hydrogen-bond acceptors (Lipinski definition) is 5. The number of hydrogen-bond donors (Lipinski definition) is 0. The van der Waals surface area contributed by atoms with Crippen molar-refractivity contribution < 1.29 is 0 Å². The summed E-state index contributed by atoms with van der Waals surface area (Å²) >= 11 is 6.28. The highest BCUT2D eigenvalue weighted by Crippen LogP contribution is 2.37. The van der Waals surface area contributed by atoms with Crippen molar-refractivity contribution in [2.75, 3.05) is 25.5 Å². The highest BCUT2D eigenvalue weighted by Gasteiger charge is 2.28. The first-order valence-electron chi connectivity index (χ1n) is 10.0. The maximum absolute atomic E-state index is 6.28. The molecule has 2 aromatic heterocycles. The fraction of sp³-hybridized carbons (Fsp3) is 0.409. The third kappa shape index (κ3) is 4.43. The number of nitrogens with zero attached hydrogens (tertiary/aromatic N) is 6. The van der Waals surface area contributed by atoms with Crippen LogP contribution in [0.3, 0.4) is 0 Å². The van der Waals surface area contributed by atoms with Gasteiger partial charge in [-0.1, -0.05) is 30.2 Å². The van der Waals surface area contributed by atoms with Gasteiger partial charge in [0, 0.05) is 56.2 Å². The van der Waals surface area contributed by atoms with Gasteiger partial charge in [0.2, 0.25) is 5.95 Å². The monoisotopic (exact) mass is 410 g/mol. The van der Waals surface area contributed by atoms with Crippen LogP contribution in [-0.2, 0) is 13.6 Å². The second kappa shape index (κ2) is 8.51. The number of rotatable bonds is 5. The van der Waals surface area contributed by atoms with Crippen LogP contribution >= 0.6 is 11.6 Å².